The van der Waals surface area contributed by atoms with E-state index < -0.39 is 34.6 Å². The van der Waals surface area contributed by atoms with Crippen molar-refractivity contribution in [2.24, 2.45) is 0 Å². The number of amides is 2. The predicted molar refractivity (Wildman–Crippen MR) is 243 cm³/mol. The van der Waals surface area contributed by atoms with Crippen LogP contribution in [0.3, 0.4) is 0 Å². The standard InChI is InChI=1S/C50H52N4O6S/c1-35(45(55)52-32-36-19-18-22-38(31-36)47(56)58-5)59-46-44(30-29-43(54-46)37-20-10-6-11-21-37)51-33-42(53-48(57)60-49(2,3)4)34-61-50(39-23-12-7-13-24-39,40-25-14-8-15-26-40)41-27-16-9-17-28-41/h6-31,35,42,51H,32-34H2,1-5H3,(H,52,55)(H,53,57)/t35-,42?/m1/s1. The molecule has 0 aliphatic heterocycles. The van der Waals surface area contributed by atoms with Crippen molar-refractivity contribution in [3.05, 3.63) is 186 Å². The fourth-order valence-electron chi connectivity index (χ4n) is 6.77. The molecule has 11 heteroatoms. The summed E-state index contributed by atoms with van der Waals surface area (Å²) in [7, 11) is 1.32. The quantitative estimate of drug-likeness (QED) is 0.0608. The fraction of sp³-hybridized carbons (Fsp3) is 0.240. The monoisotopic (exact) mass is 836 g/mol. The Hall–Kier alpha value is -6.59. The number of anilines is 1. The number of benzene rings is 5. The topological polar surface area (TPSA) is 128 Å². The molecule has 10 nitrogen and oxygen atoms in total. The molecule has 0 bridgehead atoms. The number of aromatic nitrogens is 1. The average molecular weight is 837 g/mol. The molecule has 0 spiro atoms. The zero-order valence-corrected chi connectivity index (χ0v) is 35.9. The summed E-state index contributed by atoms with van der Waals surface area (Å²) in [6.45, 7) is 7.59. The number of alkyl carbamates (subject to hydrolysis) is 1. The van der Waals surface area contributed by atoms with Crippen molar-refractivity contribution in [2.75, 3.05) is 24.7 Å². The van der Waals surface area contributed by atoms with Gasteiger partial charge in [0.2, 0.25) is 5.88 Å². The lowest BCUT2D eigenvalue weighted by Crippen LogP contribution is -2.45. The van der Waals surface area contributed by atoms with E-state index in [0.717, 1.165) is 27.8 Å². The molecular weight excluding hydrogens is 785 g/mol. The number of nitrogens with zero attached hydrogens (tertiary/aromatic N) is 1. The molecule has 0 saturated carbocycles. The van der Waals surface area contributed by atoms with Crippen LogP contribution in [-0.2, 0) is 25.6 Å². The minimum absolute atomic E-state index is 0.173. The Morgan fingerprint density at radius 2 is 1.30 bits per heavy atom. The minimum Gasteiger partial charge on any atom is -0.465 e. The smallest absolute Gasteiger partial charge is 0.407 e. The molecule has 314 valence electrons. The molecule has 5 aromatic carbocycles. The van der Waals surface area contributed by atoms with Gasteiger partial charge in [-0.1, -0.05) is 133 Å². The molecule has 2 amide bonds. The first-order valence-electron chi connectivity index (χ1n) is 20.2. The Balaban J connectivity index is 1.28. The summed E-state index contributed by atoms with van der Waals surface area (Å²) in [5.74, 6) is -0.153. The molecule has 0 fully saturated rings. The van der Waals surface area contributed by atoms with E-state index >= 15 is 0 Å². The lowest BCUT2D eigenvalue weighted by molar-refractivity contribution is -0.127. The highest BCUT2D eigenvalue weighted by Gasteiger charge is 2.38. The van der Waals surface area contributed by atoms with Crippen LogP contribution in [0.5, 0.6) is 5.88 Å². The number of carbonyl (C=O) groups is 3. The van der Waals surface area contributed by atoms with Gasteiger partial charge in [-0.15, -0.1) is 11.8 Å². The number of hydrogen-bond donors (Lipinski definition) is 3. The second-order valence-corrected chi connectivity index (χ2v) is 16.6. The summed E-state index contributed by atoms with van der Waals surface area (Å²) in [6.07, 6.45) is -1.49. The first kappa shape index (κ1) is 44.0. The highest BCUT2D eigenvalue weighted by molar-refractivity contribution is 8.00. The van der Waals surface area contributed by atoms with Gasteiger partial charge < -0.3 is 30.2 Å². The molecule has 0 saturated heterocycles. The first-order chi connectivity index (χ1) is 29.4. The molecule has 0 aliphatic carbocycles. The summed E-state index contributed by atoms with van der Waals surface area (Å²) in [5, 5.41) is 9.53. The summed E-state index contributed by atoms with van der Waals surface area (Å²) in [5.41, 5.74) is 5.77. The molecular formula is C50H52N4O6S. The summed E-state index contributed by atoms with van der Waals surface area (Å²) in [4.78, 5) is 43.9. The predicted octanol–water partition coefficient (Wildman–Crippen LogP) is 9.65. The van der Waals surface area contributed by atoms with E-state index in [4.69, 9.17) is 19.2 Å². The van der Waals surface area contributed by atoms with Crippen LogP contribution >= 0.6 is 11.8 Å². The van der Waals surface area contributed by atoms with Crippen LogP contribution in [0.1, 0.15) is 60.3 Å². The molecule has 1 aromatic heterocycles. The van der Waals surface area contributed by atoms with Crippen molar-refractivity contribution in [1.82, 2.24) is 15.6 Å². The van der Waals surface area contributed by atoms with Crippen molar-refractivity contribution in [1.29, 1.82) is 0 Å². The van der Waals surface area contributed by atoms with Crippen LogP contribution in [0.15, 0.2) is 158 Å². The number of nitrogens with one attached hydrogen (secondary N) is 3. The van der Waals surface area contributed by atoms with Gasteiger partial charge in [-0.3, -0.25) is 4.79 Å². The Bertz CT molecular complexity index is 2260. The van der Waals surface area contributed by atoms with Crippen molar-refractivity contribution in [2.45, 2.75) is 56.7 Å². The van der Waals surface area contributed by atoms with Gasteiger partial charge in [-0.2, -0.15) is 0 Å². The lowest BCUT2D eigenvalue weighted by atomic mass is 9.84. The number of methoxy groups -OCH3 is 1. The van der Waals surface area contributed by atoms with Crippen molar-refractivity contribution >= 4 is 35.4 Å². The number of ether oxygens (including phenoxy) is 3. The average Bonchev–Trinajstić information content (AvgIpc) is 3.28. The fourth-order valence-corrected chi connectivity index (χ4v) is 8.33. The van der Waals surface area contributed by atoms with E-state index in [2.05, 4.69) is 52.3 Å². The van der Waals surface area contributed by atoms with Crippen LogP contribution < -0.4 is 20.7 Å². The zero-order valence-electron chi connectivity index (χ0n) is 35.1. The molecule has 6 aromatic rings. The summed E-state index contributed by atoms with van der Waals surface area (Å²) >= 11 is 1.72. The second kappa shape index (κ2) is 20.6. The van der Waals surface area contributed by atoms with Gasteiger partial charge in [-0.05, 0) is 74.2 Å². The van der Waals surface area contributed by atoms with Crippen LogP contribution in [0.4, 0.5) is 10.5 Å². The summed E-state index contributed by atoms with van der Waals surface area (Å²) in [6, 6.07) is 51.0. The van der Waals surface area contributed by atoms with E-state index in [0.29, 0.717) is 22.7 Å². The first-order valence-corrected chi connectivity index (χ1v) is 21.2. The number of pyridine rings is 1. The Labute approximate surface area is 362 Å². The van der Waals surface area contributed by atoms with Gasteiger partial charge in [-0.25, -0.2) is 14.6 Å². The van der Waals surface area contributed by atoms with Gasteiger partial charge in [0.15, 0.2) is 6.10 Å². The molecule has 61 heavy (non-hydrogen) atoms. The van der Waals surface area contributed by atoms with Gasteiger partial charge in [0, 0.05) is 24.4 Å². The van der Waals surface area contributed by atoms with Crippen LogP contribution in [-0.4, -0.2) is 60.1 Å². The third-order valence-corrected chi connectivity index (χ3v) is 11.4. The van der Waals surface area contributed by atoms with Crippen LogP contribution in [0.25, 0.3) is 11.3 Å². The highest BCUT2D eigenvalue weighted by atomic mass is 32.2. The zero-order chi connectivity index (χ0) is 43.2. The maximum atomic E-state index is 13.5. The minimum atomic E-state index is -0.947. The van der Waals surface area contributed by atoms with E-state index in [9.17, 15) is 14.4 Å². The molecule has 6 rings (SSSR count). The van der Waals surface area contributed by atoms with E-state index in [-0.39, 0.29) is 24.9 Å². The molecule has 1 heterocycles. The van der Waals surface area contributed by atoms with Crippen molar-refractivity contribution in [3.8, 4) is 17.1 Å². The van der Waals surface area contributed by atoms with E-state index in [1.54, 1.807) is 36.9 Å². The normalized spacial score (nSPS) is 12.3. The largest absolute Gasteiger partial charge is 0.465 e. The highest BCUT2D eigenvalue weighted by Crippen LogP contribution is 2.48. The molecule has 1 unspecified atom stereocenters. The molecule has 3 N–H and O–H groups in total. The second-order valence-electron chi connectivity index (χ2n) is 15.4. The maximum Gasteiger partial charge on any atom is 0.407 e. The Morgan fingerprint density at radius 1 is 0.721 bits per heavy atom. The SMILES string of the molecule is COC(=O)c1cccc(CNC(=O)[C@@H](C)Oc2nc(-c3ccccc3)ccc2NCC(CSC(c2ccccc2)(c2ccccc2)c2ccccc2)NC(=O)OC(C)(C)C)c1. The van der Waals surface area contributed by atoms with Crippen LogP contribution in [0.2, 0.25) is 0 Å². The van der Waals surface area contributed by atoms with E-state index in [1.807, 2.05) is 124 Å². The Morgan fingerprint density at radius 3 is 1.85 bits per heavy atom. The van der Waals surface area contributed by atoms with Gasteiger partial charge in [0.25, 0.3) is 5.91 Å². The number of carbonyl (C=O) groups excluding carboxylic acids is 3. The number of hydrogen-bond acceptors (Lipinski definition) is 9. The Kier molecular flexibility index (Phi) is 14.8. The van der Waals surface area contributed by atoms with Crippen molar-refractivity contribution < 1.29 is 28.6 Å². The maximum absolute atomic E-state index is 13.5. The van der Waals surface area contributed by atoms with Gasteiger partial charge in [0.1, 0.15) is 5.60 Å². The molecule has 0 aliphatic rings. The lowest BCUT2D eigenvalue weighted by Gasteiger charge is -2.37. The molecule has 0 radical (unpaired) electrons. The van der Waals surface area contributed by atoms with Crippen LogP contribution in [0, 0.1) is 0 Å². The van der Waals surface area contributed by atoms with Gasteiger partial charge >= 0.3 is 12.1 Å². The summed E-state index contributed by atoms with van der Waals surface area (Å²) < 4.78 is 16.3. The third-order valence-electron chi connectivity index (χ3n) is 9.70. The number of esters is 1. The van der Waals surface area contributed by atoms with E-state index in [1.165, 1.54) is 7.11 Å². The van der Waals surface area contributed by atoms with Crippen molar-refractivity contribution in [3.63, 3.8) is 0 Å². The number of thioether (sulfide) groups is 1. The number of rotatable bonds is 17. The van der Waals surface area contributed by atoms with Gasteiger partial charge in [0.05, 0.1) is 34.8 Å². The molecule has 2 atom stereocenters. The third kappa shape index (κ3) is 11.8.